The smallest absolute Gasteiger partial charge is 0.168 e. The molecule has 1 unspecified atom stereocenters. The fourth-order valence-electron chi connectivity index (χ4n) is 1.34. The highest BCUT2D eigenvalue weighted by atomic mass is 16.5. The first-order valence-electron chi connectivity index (χ1n) is 5.18. The Morgan fingerprint density at radius 2 is 2.40 bits per heavy atom. The van der Waals surface area contributed by atoms with Crippen LogP contribution < -0.4 is 10.1 Å². The number of hydrogen-bond acceptors (Lipinski definition) is 4. The molecule has 1 atom stereocenters. The second-order valence-corrected chi connectivity index (χ2v) is 3.38. The Morgan fingerprint density at radius 3 is 3.07 bits per heavy atom. The Morgan fingerprint density at radius 1 is 1.60 bits per heavy atom. The van der Waals surface area contributed by atoms with E-state index in [0.717, 1.165) is 12.8 Å². The van der Waals surface area contributed by atoms with Crippen LogP contribution >= 0.6 is 0 Å². The lowest BCUT2D eigenvalue weighted by molar-refractivity contribution is 0.176. The van der Waals surface area contributed by atoms with Gasteiger partial charge in [-0.1, -0.05) is 13.3 Å². The van der Waals surface area contributed by atoms with Gasteiger partial charge in [-0.15, -0.1) is 0 Å². The van der Waals surface area contributed by atoms with Crippen LogP contribution in [0, 0.1) is 0 Å². The molecule has 0 bridgehead atoms. The fourth-order valence-corrected chi connectivity index (χ4v) is 1.34. The number of nitrogens with one attached hydrogen (secondary N) is 1. The van der Waals surface area contributed by atoms with Crippen LogP contribution in [0.2, 0.25) is 0 Å². The highest BCUT2D eigenvalue weighted by Gasteiger charge is 2.06. The van der Waals surface area contributed by atoms with Gasteiger partial charge in [-0.05, 0) is 18.6 Å². The van der Waals surface area contributed by atoms with Gasteiger partial charge in [-0.3, -0.25) is 0 Å². The maximum absolute atomic E-state index is 9.54. The highest BCUT2D eigenvalue weighted by Crippen LogP contribution is 2.19. The van der Waals surface area contributed by atoms with Crippen molar-refractivity contribution in [3.8, 4) is 5.75 Å². The third-order valence-corrected chi connectivity index (χ3v) is 2.12. The van der Waals surface area contributed by atoms with E-state index in [0.29, 0.717) is 18.1 Å². The number of nitrogens with zero attached hydrogens (tertiary/aromatic N) is 1. The van der Waals surface area contributed by atoms with Crippen LogP contribution in [0.3, 0.4) is 0 Å². The van der Waals surface area contributed by atoms with Crippen molar-refractivity contribution in [2.45, 2.75) is 25.9 Å². The molecule has 1 rings (SSSR count). The Balaban J connectivity index is 2.49. The highest BCUT2D eigenvalue weighted by molar-refractivity contribution is 5.49. The number of pyridine rings is 1. The van der Waals surface area contributed by atoms with E-state index in [1.807, 2.05) is 19.1 Å². The zero-order chi connectivity index (χ0) is 11.1. The molecule has 0 radical (unpaired) electrons. The van der Waals surface area contributed by atoms with E-state index in [1.165, 1.54) is 0 Å². The van der Waals surface area contributed by atoms with E-state index in [9.17, 15) is 5.11 Å². The zero-order valence-electron chi connectivity index (χ0n) is 9.23. The second kappa shape index (κ2) is 6.24. The molecule has 0 aliphatic heterocycles. The van der Waals surface area contributed by atoms with Crippen LogP contribution in [0.25, 0.3) is 0 Å². The summed E-state index contributed by atoms with van der Waals surface area (Å²) in [5, 5.41) is 12.6. The first-order valence-corrected chi connectivity index (χ1v) is 5.18. The largest absolute Gasteiger partial charge is 0.493 e. The monoisotopic (exact) mass is 210 g/mol. The van der Waals surface area contributed by atoms with Crippen LogP contribution in [-0.2, 0) is 0 Å². The summed E-state index contributed by atoms with van der Waals surface area (Å²) in [6, 6.07) is 3.65. The first kappa shape index (κ1) is 11.8. The van der Waals surface area contributed by atoms with E-state index in [1.54, 1.807) is 13.3 Å². The number of aromatic nitrogens is 1. The molecule has 0 saturated carbocycles. The standard InChI is InChI=1S/C11H18N2O2/c1-3-5-9(14)8-13-11-10(15-2)6-4-7-12-11/h4,6-7,9,14H,3,5,8H2,1-2H3,(H,12,13). The predicted molar refractivity (Wildman–Crippen MR) is 60.2 cm³/mol. The first-order chi connectivity index (χ1) is 7.27. The molecule has 2 N–H and O–H groups in total. The molecule has 0 saturated heterocycles. The number of hydrogen-bond donors (Lipinski definition) is 2. The summed E-state index contributed by atoms with van der Waals surface area (Å²) in [6.45, 7) is 2.55. The second-order valence-electron chi connectivity index (χ2n) is 3.38. The van der Waals surface area contributed by atoms with E-state index >= 15 is 0 Å². The lowest BCUT2D eigenvalue weighted by Crippen LogP contribution is -2.19. The van der Waals surface area contributed by atoms with Gasteiger partial charge in [-0.25, -0.2) is 4.98 Å². The lowest BCUT2D eigenvalue weighted by atomic mass is 10.2. The Bertz CT molecular complexity index is 292. The van der Waals surface area contributed by atoms with Gasteiger partial charge < -0.3 is 15.2 Å². The van der Waals surface area contributed by atoms with Gasteiger partial charge in [0.2, 0.25) is 0 Å². The summed E-state index contributed by atoms with van der Waals surface area (Å²) in [6.07, 6.45) is 3.13. The number of methoxy groups -OCH3 is 1. The van der Waals surface area contributed by atoms with E-state index in [-0.39, 0.29) is 6.10 Å². The summed E-state index contributed by atoms with van der Waals surface area (Å²) in [5.41, 5.74) is 0. The maximum atomic E-state index is 9.54. The Hall–Kier alpha value is -1.29. The quantitative estimate of drug-likeness (QED) is 0.749. The topological polar surface area (TPSA) is 54.4 Å². The van der Waals surface area contributed by atoms with Gasteiger partial charge in [0.1, 0.15) is 0 Å². The number of ether oxygens (including phenoxy) is 1. The van der Waals surface area contributed by atoms with Crippen LogP contribution in [0.5, 0.6) is 5.75 Å². The minimum atomic E-state index is -0.332. The fraction of sp³-hybridized carbons (Fsp3) is 0.545. The Labute approximate surface area is 90.3 Å². The number of aliphatic hydroxyl groups is 1. The van der Waals surface area contributed by atoms with Crippen molar-refractivity contribution in [2.75, 3.05) is 19.0 Å². The van der Waals surface area contributed by atoms with Crippen molar-refractivity contribution >= 4 is 5.82 Å². The minimum absolute atomic E-state index is 0.332. The molecule has 1 heterocycles. The van der Waals surface area contributed by atoms with Gasteiger partial charge in [-0.2, -0.15) is 0 Å². The number of rotatable bonds is 6. The lowest BCUT2D eigenvalue weighted by Gasteiger charge is -2.13. The number of anilines is 1. The summed E-state index contributed by atoms with van der Waals surface area (Å²) < 4.78 is 5.13. The van der Waals surface area contributed by atoms with Crippen LogP contribution in [-0.4, -0.2) is 29.8 Å². The molecule has 0 aliphatic carbocycles. The summed E-state index contributed by atoms with van der Waals surface area (Å²) in [4.78, 5) is 4.13. The summed E-state index contributed by atoms with van der Waals surface area (Å²) in [5.74, 6) is 1.37. The molecule has 1 aromatic heterocycles. The molecule has 0 aromatic carbocycles. The van der Waals surface area contributed by atoms with Gasteiger partial charge in [0, 0.05) is 12.7 Å². The van der Waals surface area contributed by atoms with Crippen molar-refractivity contribution in [1.29, 1.82) is 0 Å². The van der Waals surface area contributed by atoms with Crippen molar-refractivity contribution in [3.63, 3.8) is 0 Å². The van der Waals surface area contributed by atoms with E-state index < -0.39 is 0 Å². The molecular formula is C11H18N2O2. The normalized spacial score (nSPS) is 12.2. The minimum Gasteiger partial charge on any atom is -0.493 e. The molecule has 0 aliphatic rings. The van der Waals surface area contributed by atoms with Crippen molar-refractivity contribution < 1.29 is 9.84 Å². The van der Waals surface area contributed by atoms with Crippen molar-refractivity contribution in [1.82, 2.24) is 4.98 Å². The predicted octanol–water partition coefficient (Wildman–Crippen LogP) is 1.66. The summed E-state index contributed by atoms with van der Waals surface area (Å²) >= 11 is 0. The molecule has 4 nitrogen and oxygen atoms in total. The summed E-state index contributed by atoms with van der Waals surface area (Å²) in [7, 11) is 1.60. The van der Waals surface area contributed by atoms with Crippen molar-refractivity contribution in [2.24, 2.45) is 0 Å². The third-order valence-electron chi connectivity index (χ3n) is 2.12. The van der Waals surface area contributed by atoms with E-state index in [2.05, 4.69) is 10.3 Å². The maximum Gasteiger partial charge on any atom is 0.168 e. The van der Waals surface area contributed by atoms with Crippen LogP contribution in [0.4, 0.5) is 5.82 Å². The van der Waals surface area contributed by atoms with Crippen LogP contribution in [0.1, 0.15) is 19.8 Å². The van der Waals surface area contributed by atoms with Crippen molar-refractivity contribution in [3.05, 3.63) is 18.3 Å². The van der Waals surface area contributed by atoms with Gasteiger partial charge in [0.25, 0.3) is 0 Å². The molecule has 0 spiro atoms. The van der Waals surface area contributed by atoms with Crippen LogP contribution in [0.15, 0.2) is 18.3 Å². The van der Waals surface area contributed by atoms with Gasteiger partial charge >= 0.3 is 0 Å². The molecular weight excluding hydrogens is 192 g/mol. The average molecular weight is 210 g/mol. The zero-order valence-corrected chi connectivity index (χ0v) is 9.23. The molecule has 0 fully saturated rings. The number of aliphatic hydroxyl groups excluding tert-OH is 1. The average Bonchev–Trinajstić information content (AvgIpc) is 2.27. The van der Waals surface area contributed by atoms with Gasteiger partial charge in [0.05, 0.1) is 13.2 Å². The molecule has 4 heteroatoms. The molecule has 15 heavy (non-hydrogen) atoms. The van der Waals surface area contributed by atoms with E-state index in [4.69, 9.17) is 4.74 Å². The molecule has 0 amide bonds. The molecule has 1 aromatic rings. The third kappa shape index (κ3) is 3.75. The van der Waals surface area contributed by atoms with Gasteiger partial charge in [0.15, 0.2) is 11.6 Å². The molecule has 84 valence electrons. The SMILES string of the molecule is CCCC(O)CNc1ncccc1OC. The Kier molecular flexibility index (Phi) is 4.90.